The number of hydrogen-bond acceptors (Lipinski definition) is 3. The van der Waals surface area contributed by atoms with Gasteiger partial charge in [0.25, 0.3) is 0 Å². The lowest BCUT2D eigenvalue weighted by molar-refractivity contribution is 0.404. The first-order chi connectivity index (χ1) is 6.16. The summed E-state index contributed by atoms with van der Waals surface area (Å²) in [6.45, 7) is 3.95. The molecular formula is C9H14FN3. The lowest BCUT2D eigenvalue weighted by Gasteiger charge is -2.20. The van der Waals surface area contributed by atoms with E-state index in [9.17, 15) is 4.39 Å². The van der Waals surface area contributed by atoms with Crippen LogP contribution >= 0.6 is 0 Å². The summed E-state index contributed by atoms with van der Waals surface area (Å²) in [7, 11) is 0. The molecule has 1 heterocycles. The number of nitrogens with one attached hydrogen (secondary N) is 1. The Morgan fingerprint density at radius 2 is 2.23 bits per heavy atom. The third-order valence-electron chi connectivity index (χ3n) is 1.99. The second kappa shape index (κ2) is 4.30. The van der Waals surface area contributed by atoms with Crippen LogP contribution in [0, 0.1) is 11.7 Å². The Labute approximate surface area is 77.1 Å². The Morgan fingerprint density at radius 1 is 1.54 bits per heavy atom. The summed E-state index contributed by atoms with van der Waals surface area (Å²) in [6.07, 6.45) is 2.76. The van der Waals surface area contributed by atoms with Crippen LogP contribution in [-0.4, -0.2) is 4.98 Å². The molecule has 1 atom stereocenters. The maximum absolute atomic E-state index is 13.2. The first kappa shape index (κ1) is 10.1. The van der Waals surface area contributed by atoms with Gasteiger partial charge in [-0.15, -0.1) is 0 Å². The largest absolute Gasteiger partial charge is 0.271 e. The third-order valence-corrected chi connectivity index (χ3v) is 1.99. The van der Waals surface area contributed by atoms with E-state index in [-0.39, 0.29) is 17.8 Å². The molecule has 0 fully saturated rings. The van der Waals surface area contributed by atoms with Crippen LogP contribution in [0.1, 0.15) is 25.5 Å². The highest BCUT2D eigenvalue weighted by Gasteiger charge is 2.17. The quantitative estimate of drug-likeness (QED) is 0.550. The molecule has 13 heavy (non-hydrogen) atoms. The van der Waals surface area contributed by atoms with Crippen LogP contribution in [0.2, 0.25) is 0 Å². The summed E-state index contributed by atoms with van der Waals surface area (Å²) in [5, 5.41) is 0. The van der Waals surface area contributed by atoms with E-state index < -0.39 is 0 Å². The molecule has 1 unspecified atom stereocenters. The highest BCUT2D eigenvalue weighted by Crippen LogP contribution is 2.22. The second-order valence-corrected chi connectivity index (χ2v) is 3.29. The standard InChI is InChI=1S/C9H14FN3/c1-6(2)9(13-11)7-3-4-12-5-8(7)10/h3-6,9,13H,11H2,1-2H3. The van der Waals surface area contributed by atoms with Crippen molar-refractivity contribution in [1.82, 2.24) is 10.4 Å². The maximum Gasteiger partial charge on any atom is 0.146 e. The van der Waals surface area contributed by atoms with Gasteiger partial charge in [0.2, 0.25) is 0 Å². The van der Waals surface area contributed by atoms with Gasteiger partial charge in [0.05, 0.1) is 12.2 Å². The Hall–Kier alpha value is -1.00. The van der Waals surface area contributed by atoms with E-state index in [1.807, 2.05) is 13.8 Å². The summed E-state index contributed by atoms with van der Waals surface area (Å²) in [5.41, 5.74) is 3.15. The normalized spacial score (nSPS) is 13.3. The first-order valence-corrected chi connectivity index (χ1v) is 4.22. The van der Waals surface area contributed by atoms with Crippen molar-refractivity contribution in [3.05, 3.63) is 29.8 Å². The first-order valence-electron chi connectivity index (χ1n) is 4.22. The minimum atomic E-state index is -0.320. The van der Waals surface area contributed by atoms with Crippen LogP contribution in [0.15, 0.2) is 18.5 Å². The Morgan fingerprint density at radius 3 is 2.69 bits per heavy atom. The molecule has 0 aliphatic heterocycles. The molecule has 0 spiro atoms. The third kappa shape index (κ3) is 2.23. The molecule has 0 saturated carbocycles. The summed E-state index contributed by atoms with van der Waals surface area (Å²) in [5.74, 6) is 5.26. The van der Waals surface area contributed by atoms with E-state index >= 15 is 0 Å². The van der Waals surface area contributed by atoms with Crippen molar-refractivity contribution in [2.24, 2.45) is 11.8 Å². The zero-order valence-electron chi connectivity index (χ0n) is 7.79. The maximum atomic E-state index is 13.2. The van der Waals surface area contributed by atoms with Gasteiger partial charge in [-0.2, -0.15) is 0 Å². The van der Waals surface area contributed by atoms with Gasteiger partial charge in [-0.3, -0.25) is 16.3 Å². The van der Waals surface area contributed by atoms with E-state index in [1.54, 1.807) is 12.3 Å². The van der Waals surface area contributed by atoms with Crippen LogP contribution in [-0.2, 0) is 0 Å². The predicted octanol–water partition coefficient (Wildman–Crippen LogP) is 1.38. The minimum Gasteiger partial charge on any atom is -0.271 e. The molecule has 0 radical (unpaired) electrons. The Balaban J connectivity index is 2.97. The topological polar surface area (TPSA) is 50.9 Å². The second-order valence-electron chi connectivity index (χ2n) is 3.29. The van der Waals surface area contributed by atoms with E-state index in [0.717, 1.165) is 0 Å². The van der Waals surface area contributed by atoms with E-state index in [1.165, 1.54) is 6.20 Å². The van der Waals surface area contributed by atoms with Gasteiger partial charge in [0.1, 0.15) is 5.82 Å². The predicted molar refractivity (Wildman–Crippen MR) is 49.1 cm³/mol. The van der Waals surface area contributed by atoms with Crippen molar-refractivity contribution in [2.75, 3.05) is 0 Å². The number of hydrazine groups is 1. The SMILES string of the molecule is CC(C)C(NN)c1ccncc1F. The summed E-state index contributed by atoms with van der Waals surface area (Å²) in [6, 6.07) is 1.47. The zero-order chi connectivity index (χ0) is 9.84. The van der Waals surface area contributed by atoms with Crippen molar-refractivity contribution < 1.29 is 4.39 Å². The lowest BCUT2D eigenvalue weighted by Crippen LogP contribution is -2.32. The average Bonchev–Trinajstić information content (AvgIpc) is 2.09. The summed E-state index contributed by atoms with van der Waals surface area (Å²) in [4.78, 5) is 3.68. The lowest BCUT2D eigenvalue weighted by atomic mass is 9.97. The van der Waals surface area contributed by atoms with Crippen LogP contribution in [0.4, 0.5) is 4.39 Å². The molecule has 0 aliphatic rings. The van der Waals surface area contributed by atoms with E-state index in [0.29, 0.717) is 5.56 Å². The number of halogens is 1. The van der Waals surface area contributed by atoms with E-state index in [2.05, 4.69) is 10.4 Å². The molecule has 1 aromatic rings. The number of hydrogen-bond donors (Lipinski definition) is 2. The highest BCUT2D eigenvalue weighted by atomic mass is 19.1. The average molecular weight is 183 g/mol. The van der Waals surface area contributed by atoms with Gasteiger partial charge < -0.3 is 0 Å². The van der Waals surface area contributed by atoms with Gasteiger partial charge in [0, 0.05) is 11.8 Å². The summed E-state index contributed by atoms with van der Waals surface area (Å²) >= 11 is 0. The van der Waals surface area contributed by atoms with Crippen LogP contribution in [0.3, 0.4) is 0 Å². The van der Waals surface area contributed by atoms with E-state index in [4.69, 9.17) is 5.84 Å². The van der Waals surface area contributed by atoms with Crippen molar-refractivity contribution in [3.63, 3.8) is 0 Å². The van der Waals surface area contributed by atoms with Gasteiger partial charge in [-0.1, -0.05) is 13.8 Å². The molecule has 3 N–H and O–H groups in total. The fraction of sp³-hybridized carbons (Fsp3) is 0.444. The van der Waals surface area contributed by atoms with Gasteiger partial charge in [0.15, 0.2) is 0 Å². The fourth-order valence-corrected chi connectivity index (χ4v) is 1.28. The van der Waals surface area contributed by atoms with Gasteiger partial charge in [-0.25, -0.2) is 4.39 Å². The molecule has 72 valence electrons. The zero-order valence-corrected chi connectivity index (χ0v) is 7.79. The minimum absolute atomic E-state index is 0.164. The molecule has 3 nitrogen and oxygen atoms in total. The molecule has 0 bridgehead atoms. The Bertz CT molecular complexity index is 275. The molecule has 0 saturated heterocycles. The van der Waals surface area contributed by atoms with Crippen molar-refractivity contribution in [1.29, 1.82) is 0 Å². The van der Waals surface area contributed by atoms with Crippen LogP contribution < -0.4 is 11.3 Å². The smallest absolute Gasteiger partial charge is 0.146 e. The number of rotatable bonds is 3. The Kier molecular flexibility index (Phi) is 3.33. The molecule has 0 aliphatic carbocycles. The molecule has 1 aromatic heterocycles. The van der Waals surface area contributed by atoms with Gasteiger partial charge in [-0.05, 0) is 12.0 Å². The highest BCUT2D eigenvalue weighted by molar-refractivity contribution is 5.17. The van der Waals surface area contributed by atoms with Crippen LogP contribution in [0.25, 0.3) is 0 Å². The number of aromatic nitrogens is 1. The molecule has 0 aromatic carbocycles. The van der Waals surface area contributed by atoms with Crippen molar-refractivity contribution in [2.45, 2.75) is 19.9 Å². The molecule has 0 amide bonds. The molecule has 1 rings (SSSR count). The van der Waals surface area contributed by atoms with Gasteiger partial charge >= 0.3 is 0 Å². The molecule has 4 heteroatoms. The number of nitrogens with zero attached hydrogens (tertiary/aromatic N) is 1. The fourth-order valence-electron chi connectivity index (χ4n) is 1.28. The number of pyridine rings is 1. The number of nitrogens with two attached hydrogens (primary N) is 1. The summed E-state index contributed by atoms with van der Waals surface area (Å²) < 4.78 is 13.2. The van der Waals surface area contributed by atoms with Crippen molar-refractivity contribution in [3.8, 4) is 0 Å². The monoisotopic (exact) mass is 183 g/mol. The van der Waals surface area contributed by atoms with Crippen molar-refractivity contribution >= 4 is 0 Å². The molecular weight excluding hydrogens is 169 g/mol. The van der Waals surface area contributed by atoms with Crippen LogP contribution in [0.5, 0.6) is 0 Å².